The lowest BCUT2D eigenvalue weighted by molar-refractivity contribution is -0.115. The van der Waals surface area contributed by atoms with E-state index in [2.05, 4.69) is 16.3 Å². The van der Waals surface area contributed by atoms with Crippen LogP contribution in [0.5, 0.6) is 0 Å². The van der Waals surface area contributed by atoms with Gasteiger partial charge in [0.1, 0.15) is 16.9 Å². The number of benzene rings is 2. The number of carbonyl (C=O) groups excluding carboxylic acids is 1. The van der Waals surface area contributed by atoms with Gasteiger partial charge in [-0.05, 0) is 54.1 Å². The second-order valence-corrected chi connectivity index (χ2v) is 9.63. The predicted octanol–water partition coefficient (Wildman–Crippen LogP) is 4.77. The van der Waals surface area contributed by atoms with E-state index >= 15 is 0 Å². The number of nitrogens with two attached hydrogens (primary N) is 1. The molecule has 4 rings (SSSR count). The van der Waals surface area contributed by atoms with Gasteiger partial charge in [0.25, 0.3) is 0 Å². The highest BCUT2D eigenvalue weighted by molar-refractivity contribution is 7.97. The monoisotopic (exact) mass is 466 g/mol. The van der Waals surface area contributed by atoms with Crippen LogP contribution in [0.25, 0.3) is 0 Å². The van der Waals surface area contributed by atoms with E-state index in [0.29, 0.717) is 41.2 Å². The molecule has 0 bridgehead atoms. The fourth-order valence-corrected chi connectivity index (χ4v) is 5.46. The molecular weight excluding hydrogens is 443 g/mol. The van der Waals surface area contributed by atoms with Crippen molar-refractivity contribution in [2.45, 2.75) is 37.8 Å². The largest absolute Gasteiger partial charge is 0.316 e. The van der Waals surface area contributed by atoms with E-state index in [1.807, 2.05) is 36.4 Å². The van der Waals surface area contributed by atoms with Crippen molar-refractivity contribution in [2.24, 2.45) is 5.14 Å². The van der Waals surface area contributed by atoms with Gasteiger partial charge in [-0.3, -0.25) is 14.8 Å². The molecular formula is C24H23FN4OS2. The molecule has 1 aliphatic heterocycles. The number of halogens is 1. The summed E-state index contributed by atoms with van der Waals surface area (Å²) < 4.78 is 14.4. The summed E-state index contributed by atoms with van der Waals surface area (Å²) in [5, 5.41) is 18.8. The van der Waals surface area contributed by atoms with Gasteiger partial charge in [0.15, 0.2) is 0 Å². The first-order valence-electron chi connectivity index (χ1n) is 10.2. The molecule has 164 valence electrons. The maximum Gasteiger partial charge on any atom is 0.229 e. The summed E-state index contributed by atoms with van der Waals surface area (Å²) in [4.78, 5) is 16.8. The molecule has 0 fully saturated rings. The Morgan fingerprint density at radius 2 is 2.09 bits per heavy atom. The average Bonchev–Trinajstić information content (AvgIpc) is 3.13. The van der Waals surface area contributed by atoms with Gasteiger partial charge < -0.3 is 5.32 Å². The number of rotatable bonds is 6. The van der Waals surface area contributed by atoms with E-state index in [9.17, 15) is 14.4 Å². The van der Waals surface area contributed by atoms with Gasteiger partial charge in [-0.1, -0.05) is 30.3 Å². The normalized spacial score (nSPS) is 13.4. The molecule has 5 nitrogen and oxygen atoms in total. The van der Waals surface area contributed by atoms with E-state index in [-0.39, 0.29) is 18.1 Å². The van der Waals surface area contributed by atoms with Gasteiger partial charge in [-0.25, -0.2) is 4.39 Å². The predicted molar refractivity (Wildman–Crippen MR) is 127 cm³/mol. The van der Waals surface area contributed by atoms with Crippen LogP contribution in [-0.4, -0.2) is 17.4 Å². The van der Waals surface area contributed by atoms with Gasteiger partial charge in [-0.2, -0.15) is 5.26 Å². The van der Waals surface area contributed by atoms with Crippen molar-refractivity contribution >= 4 is 34.2 Å². The third kappa shape index (κ3) is 4.87. The number of nitrogens with zero attached hydrogens (tertiary/aromatic N) is 2. The number of thiophene rings is 1. The summed E-state index contributed by atoms with van der Waals surface area (Å²) >= 11 is 2.60. The molecule has 0 atom stereocenters. The lowest BCUT2D eigenvalue weighted by Gasteiger charge is -2.27. The van der Waals surface area contributed by atoms with Gasteiger partial charge >= 0.3 is 0 Å². The van der Waals surface area contributed by atoms with Crippen molar-refractivity contribution in [3.63, 3.8) is 0 Å². The van der Waals surface area contributed by atoms with Gasteiger partial charge in [0.05, 0.1) is 12.0 Å². The molecule has 0 aliphatic carbocycles. The lowest BCUT2D eigenvalue weighted by Crippen LogP contribution is -2.29. The first-order valence-corrected chi connectivity index (χ1v) is 11.9. The molecule has 2 heterocycles. The van der Waals surface area contributed by atoms with Gasteiger partial charge in [0, 0.05) is 35.0 Å². The molecule has 8 heteroatoms. The third-order valence-corrected chi connectivity index (χ3v) is 7.27. The number of nitriles is 1. The van der Waals surface area contributed by atoms with Crippen LogP contribution in [0.15, 0.2) is 47.4 Å². The number of fused-ring (bicyclic) bond motifs is 1. The fraction of sp³-hybridized carbons (Fsp3) is 0.250. The highest BCUT2D eigenvalue weighted by atomic mass is 32.2. The Hall–Kier alpha value is -2.70. The minimum Gasteiger partial charge on any atom is -0.316 e. The Morgan fingerprint density at radius 3 is 2.81 bits per heavy atom. The summed E-state index contributed by atoms with van der Waals surface area (Å²) in [6.45, 7) is 3.67. The van der Waals surface area contributed by atoms with Crippen LogP contribution in [0.3, 0.4) is 0 Å². The topological polar surface area (TPSA) is 82.2 Å². The summed E-state index contributed by atoms with van der Waals surface area (Å²) in [5.41, 5.74) is 3.75. The Bertz CT molecular complexity index is 1180. The molecule has 0 radical (unpaired) electrons. The quantitative estimate of drug-likeness (QED) is 0.511. The van der Waals surface area contributed by atoms with Crippen molar-refractivity contribution < 1.29 is 9.18 Å². The van der Waals surface area contributed by atoms with Crippen LogP contribution in [0, 0.1) is 24.1 Å². The van der Waals surface area contributed by atoms with Gasteiger partial charge in [0.2, 0.25) is 5.91 Å². The zero-order valence-corrected chi connectivity index (χ0v) is 19.3. The van der Waals surface area contributed by atoms with Crippen LogP contribution in [0.2, 0.25) is 0 Å². The summed E-state index contributed by atoms with van der Waals surface area (Å²) in [7, 11) is 0. The first kappa shape index (κ1) is 22.5. The molecule has 0 unspecified atom stereocenters. The first-order chi connectivity index (χ1) is 15.5. The molecule has 0 spiro atoms. The van der Waals surface area contributed by atoms with E-state index in [0.717, 1.165) is 39.4 Å². The third-order valence-electron chi connectivity index (χ3n) is 5.59. The molecule has 0 saturated carbocycles. The number of hydrogen-bond acceptors (Lipinski definition) is 6. The SMILES string of the molecule is Cc1cccc(CN2CCc3c(sc(NC(=O)Cc4ccc(SN)cc4)c3C#N)C2)c1F. The van der Waals surface area contributed by atoms with Crippen LogP contribution >= 0.6 is 23.3 Å². The van der Waals surface area contributed by atoms with Crippen molar-refractivity contribution in [3.8, 4) is 6.07 Å². The maximum atomic E-state index is 14.4. The van der Waals surface area contributed by atoms with E-state index in [1.165, 1.54) is 11.3 Å². The molecule has 3 N–H and O–H groups in total. The van der Waals surface area contributed by atoms with Crippen molar-refractivity contribution in [2.75, 3.05) is 11.9 Å². The van der Waals surface area contributed by atoms with Crippen molar-refractivity contribution in [3.05, 3.63) is 81.0 Å². The second kappa shape index (κ2) is 9.84. The number of aryl methyl sites for hydroxylation is 1. The number of carbonyl (C=O) groups is 1. The highest BCUT2D eigenvalue weighted by Crippen LogP contribution is 2.37. The lowest BCUT2D eigenvalue weighted by atomic mass is 10.0. The Labute approximate surface area is 195 Å². The molecule has 2 aromatic carbocycles. The minimum atomic E-state index is -0.160. The van der Waals surface area contributed by atoms with Gasteiger partial charge in [-0.15, -0.1) is 11.3 Å². The minimum absolute atomic E-state index is 0.159. The smallest absolute Gasteiger partial charge is 0.229 e. The average molecular weight is 467 g/mol. The number of anilines is 1. The zero-order valence-electron chi connectivity index (χ0n) is 17.7. The second-order valence-electron chi connectivity index (χ2n) is 7.82. The Morgan fingerprint density at radius 1 is 1.31 bits per heavy atom. The van der Waals surface area contributed by atoms with Crippen LogP contribution in [-0.2, 0) is 30.7 Å². The van der Waals surface area contributed by atoms with Crippen molar-refractivity contribution in [1.29, 1.82) is 5.26 Å². The van der Waals surface area contributed by atoms with Crippen LogP contribution in [0.4, 0.5) is 9.39 Å². The highest BCUT2D eigenvalue weighted by Gasteiger charge is 2.26. The molecule has 0 saturated heterocycles. The summed E-state index contributed by atoms with van der Waals surface area (Å²) in [6.07, 6.45) is 0.929. The standard InChI is InChI=1S/C24H23FN4OS2/c1-15-3-2-4-17(23(15)25)13-29-10-9-19-20(12-26)24(31-21(19)14-29)28-22(30)11-16-5-7-18(32-27)8-6-16/h2-8H,9-11,13-14,27H2,1H3,(H,28,30). The zero-order chi connectivity index (χ0) is 22.7. The molecule has 32 heavy (non-hydrogen) atoms. The molecule has 1 aromatic heterocycles. The van der Waals surface area contributed by atoms with Crippen LogP contribution < -0.4 is 10.5 Å². The van der Waals surface area contributed by atoms with E-state index in [1.54, 1.807) is 13.0 Å². The number of nitrogens with one attached hydrogen (secondary N) is 1. The van der Waals surface area contributed by atoms with Crippen LogP contribution in [0.1, 0.15) is 32.7 Å². The fourth-order valence-electron chi connectivity index (χ4n) is 3.91. The summed E-state index contributed by atoms with van der Waals surface area (Å²) in [6, 6.07) is 15.2. The Kier molecular flexibility index (Phi) is 6.92. The maximum absolute atomic E-state index is 14.4. The number of hydrogen-bond donors (Lipinski definition) is 2. The molecule has 1 aliphatic rings. The Balaban J connectivity index is 1.46. The molecule has 1 amide bonds. The van der Waals surface area contributed by atoms with E-state index in [4.69, 9.17) is 5.14 Å². The molecule has 3 aromatic rings. The van der Waals surface area contributed by atoms with E-state index < -0.39 is 0 Å². The number of amides is 1. The summed E-state index contributed by atoms with van der Waals surface area (Å²) in [5.74, 6) is -0.319. The van der Waals surface area contributed by atoms with Crippen molar-refractivity contribution in [1.82, 2.24) is 4.90 Å².